The van der Waals surface area contributed by atoms with Crippen LogP contribution in [0.25, 0.3) is 5.57 Å². The van der Waals surface area contributed by atoms with Crippen LogP contribution >= 0.6 is 11.3 Å². The number of phenolic OH excluding ortho intramolecular Hbond substituents is 1. The highest BCUT2D eigenvalue weighted by molar-refractivity contribution is 7.89. The van der Waals surface area contributed by atoms with Crippen molar-refractivity contribution < 1.29 is 18.3 Å². The number of sulfonamides is 1. The summed E-state index contributed by atoms with van der Waals surface area (Å²) in [7, 11) is -3.72. The van der Waals surface area contributed by atoms with Crippen LogP contribution in [0.4, 0.5) is 0 Å². The zero-order valence-corrected chi connectivity index (χ0v) is 18.3. The van der Waals surface area contributed by atoms with Crippen LogP contribution in [0.3, 0.4) is 0 Å². The van der Waals surface area contributed by atoms with Gasteiger partial charge in [-0.05, 0) is 59.3 Å². The Labute approximate surface area is 185 Å². The molecule has 1 aromatic heterocycles. The summed E-state index contributed by atoms with van der Waals surface area (Å²) in [6.45, 7) is 1.21. The molecule has 0 saturated heterocycles. The Kier molecular flexibility index (Phi) is 6.22. The van der Waals surface area contributed by atoms with Gasteiger partial charge in [-0.15, -0.1) is 11.3 Å². The van der Waals surface area contributed by atoms with Crippen LogP contribution in [0, 0.1) is 0 Å². The van der Waals surface area contributed by atoms with E-state index in [-0.39, 0.29) is 23.1 Å². The summed E-state index contributed by atoms with van der Waals surface area (Å²) >= 11 is 1.48. The number of hydrogen-bond donors (Lipinski definition) is 2. The number of nitrogens with zero attached hydrogens (tertiary/aromatic N) is 1. The van der Waals surface area contributed by atoms with E-state index < -0.39 is 10.0 Å². The van der Waals surface area contributed by atoms with E-state index in [1.54, 1.807) is 29.2 Å². The van der Waals surface area contributed by atoms with Gasteiger partial charge in [0.05, 0.1) is 4.90 Å². The van der Waals surface area contributed by atoms with Crippen LogP contribution in [0.5, 0.6) is 5.75 Å². The van der Waals surface area contributed by atoms with E-state index in [9.17, 15) is 18.3 Å². The standard InChI is InChI=1S/C23H22N2O4S2/c26-20-8-6-17(7-9-20)18-10-12-25(13-11-18)23(27)19-3-1-5-22(15-19)31(28,29)24-16-21-4-2-14-30-21/h1-10,14-15,24,26H,11-13,16H2. The molecule has 0 unspecified atom stereocenters. The Morgan fingerprint density at radius 2 is 1.90 bits per heavy atom. The van der Waals surface area contributed by atoms with Gasteiger partial charge >= 0.3 is 0 Å². The quantitative estimate of drug-likeness (QED) is 0.592. The molecule has 1 aliphatic rings. The molecule has 0 saturated carbocycles. The smallest absolute Gasteiger partial charge is 0.254 e. The number of benzene rings is 2. The van der Waals surface area contributed by atoms with Gasteiger partial charge in [0.15, 0.2) is 0 Å². The van der Waals surface area contributed by atoms with E-state index in [4.69, 9.17) is 0 Å². The van der Waals surface area contributed by atoms with Gasteiger partial charge in [-0.1, -0.05) is 30.3 Å². The lowest BCUT2D eigenvalue weighted by Crippen LogP contribution is -2.34. The summed E-state index contributed by atoms with van der Waals surface area (Å²) in [5.74, 6) is 0.0213. The number of nitrogens with one attached hydrogen (secondary N) is 1. The van der Waals surface area contributed by atoms with E-state index in [0.29, 0.717) is 25.1 Å². The molecule has 1 amide bonds. The van der Waals surface area contributed by atoms with Crippen LogP contribution in [-0.2, 0) is 16.6 Å². The second-order valence-electron chi connectivity index (χ2n) is 7.21. The SMILES string of the molecule is O=C(c1cccc(S(=O)(=O)NCc2cccs2)c1)N1CC=C(c2ccc(O)cc2)CC1. The molecule has 3 aromatic rings. The van der Waals surface area contributed by atoms with Crippen LogP contribution in [0.15, 0.2) is 77.0 Å². The van der Waals surface area contributed by atoms with Crippen molar-refractivity contribution in [3.8, 4) is 5.75 Å². The van der Waals surface area contributed by atoms with Crippen molar-refractivity contribution in [3.05, 3.63) is 88.1 Å². The summed E-state index contributed by atoms with van der Waals surface area (Å²) in [4.78, 5) is 15.7. The highest BCUT2D eigenvalue weighted by atomic mass is 32.2. The normalized spacial score (nSPS) is 14.3. The van der Waals surface area contributed by atoms with Crippen molar-refractivity contribution in [2.75, 3.05) is 13.1 Å². The predicted molar refractivity (Wildman–Crippen MR) is 121 cm³/mol. The van der Waals surface area contributed by atoms with Gasteiger partial charge < -0.3 is 10.0 Å². The largest absolute Gasteiger partial charge is 0.508 e. The van der Waals surface area contributed by atoms with E-state index in [0.717, 1.165) is 16.0 Å². The molecular weight excluding hydrogens is 432 g/mol. The lowest BCUT2D eigenvalue weighted by atomic mass is 9.99. The second-order valence-corrected chi connectivity index (χ2v) is 10.0. The fourth-order valence-corrected chi connectivity index (χ4v) is 5.22. The molecule has 0 fully saturated rings. The first-order valence-corrected chi connectivity index (χ1v) is 12.2. The Morgan fingerprint density at radius 3 is 2.58 bits per heavy atom. The molecule has 0 radical (unpaired) electrons. The van der Waals surface area contributed by atoms with Crippen LogP contribution in [0.2, 0.25) is 0 Å². The van der Waals surface area contributed by atoms with E-state index in [1.165, 1.54) is 23.5 Å². The maximum atomic E-state index is 13.0. The molecule has 0 spiro atoms. The van der Waals surface area contributed by atoms with Gasteiger partial charge in [0.2, 0.25) is 10.0 Å². The number of amides is 1. The summed E-state index contributed by atoms with van der Waals surface area (Å²) in [5.41, 5.74) is 2.49. The van der Waals surface area contributed by atoms with E-state index in [2.05, 4.69) is 4.72 Å². The maximum absolute atomic E-state index is 13.0. The van der Waals surface area contributed by atoms with Crippen LogP contribution in [-0.4, -0.2) is 37.4 Å². The zero-order valence-electron chi connectivity index (χ0n) is 16.7. The van der Waals surface area contributed by atoms with Gasteiger partial charge in [-0.3, -0.25) is 4.79 Å². The molecule has 1 aliphatic heterocycles. The second kappa shape index (κ2) is 9.05. The van der Waals surface area contributed by atoms with Crippen molar-refractivity contribution in [3.63, 3.8) is 0 Å². The van der Waals surface area contributed by atoms with Gasteiger partial charge in [0, 0.05) is 30.1 Å². The number of carbonyl (C=O) groups is 1. The summed E-state index contributed by atoms with van der Waals surface area (Å²) in [5, 5.41) is 11.3. The lowest BCUT2D eigenvalue weighted by molar-refractivity contribution is 0.0772. The molecule has 160 valence electrons. The molecule has 8 heteroatoms. The summed E-state index contributed by atoms with van der Waals surface area (Å²) in [6, 6.07) is 16.9. The highest BCUT2D eigenvalue weighted by Crippen LogP contribution is 2.25. The first-order chi connectivity index (χ1) is 14.9. The van der Waals surface area contributed by atoms with Crippen molar-refractivity contribution in [2.45, 2.75) is 17.9 Å². The van der Waals surface area contributed by atoms with Crippen molar-refractivity contribution in [1.82, 2.24) is 9.62 Å². The fraction of sp³-hybridized carbons (Fsp3) is 0.174. The number of thiophene rings is 1. The number of carbonyl (C=O) groups excluding carboxylic acids is 1. The van der Waals surface area contributed by atoms with Gasteiger partial charge in [0.25, 0.3) is 5.91 Å². The predicted octanol–water partition coefficient (Wildman–Crippen LogP) is 3.86. The summed E-state index contributed by atoms with van der Waals surface area (Å²) in [6.07, 6.45) is 2.69. The third kappa shape index (κ3) is 5.04. The highest BCUT2D eigenvalue weighted by Gasteiger charge is 2.22. The maximum Gasteiger partial charge on any atom is 0.254 e. The van der Waals surface area contributed by atoms with Crippen molar-refractivity contribution >= 4 is 32.8 Å². The molecule has 31 heavy (non-hydrogen) atoms. The third-order valence-corrected chi connectivity index (χ3v) is 7.42. The molecule has 2 heterocycles. The van der Waals surface area contributed by atoms with Gasteiger partial charge in [-0.25, -0.2) is 13.1 Å². The summed E-state index contributed by atoms with van der Waals surface area (Å²) < 4.78 is 27.9. The van der Waals surface area contributed by atoms with Crippen molar-refractivity contribution in [2.24, 2.45) is 0 Å². The topological polar surface area (TPSA) is 86.7 Å². The molecule has 0 atom stereocenters. The fourth-order valence-electron chi connectivity index (χ4n) is 3.43. The number of hydrogen-bond acceptors (Lipinski definition) is 5. The van der Waals surface area contributed by atoms with Crippen LogP contribution < -0.4 is 4.72 Å². The third-order valence-electron chi connectivity index (χ3n) is 5.14. The minimum atomic E-state index is -3.72. The van der Waals surface area contributed by atoms with Gasteiger partial charge in [-0.2, -0.15) is 0 Å². The molecule has 6 nitrogen and oxygen atoms in total. The molecule has 2 N–H and O–H groups in total. The molecular formula is C23H22N2O4S2. The zero-order chi connectivity index (χ0) is 21.8. The van der Waals surface area contributed by atoms with E-state index >= 15 is 0 Å². The van der Waals surface area contributed by atoms with Gasteiger partial charge in [0.1, 0.15) is 5.75 Å². The van der Waals surface area contributed by atoms with Crippen molar-refractivity contribution in [1.29, 1.82) is 0 Å². The van der Waals surface area contributed by atoms with E-state index in [1.807, 2.05) is 35.7 Å². The Bertz CT molecular complexity index is 1200. The Morgan fingerprint density at radius 1 is 1.10 bits per heavy atom. The number of phenols is 1. The monoisotopic (exact) mass is 454 g/mol. The number of rotatable bonds is 6. The number of aromatic hydroxyl groups is 1. The Hall–Kier alpha value is -2.94. The minimum absolute atomic E-state index is 0.0761. The molecule has 0 aliphatic carbocycles. The minimum Gasteiger partial charge on any atom is -0.508 e. The Balaban J connectivity index is 1.45. The lowest BCUT2D eigenvalue weighted by Gasteiger charge is -2.27. The average molecular weight is 455 g/mol. The molecule has 2 aromatic carbocycles. The molecule has 4 rings (SSSR count). The average Bonchev–Trinajstić information content (AvgIpc) is 3.32. The molecule has 0 bridgehead atoms. The van der Waals surface area contributed by atoms with Crippen LogP contribution in [0.1, 0.15) is 27.2 Å². The first kappa shape index (κ1) is 21.3. The first-order valence-electron chi connectivity index (χ1n) is 9.82.